The highest BCUT2D eigenvalue weighted by Crippen LogP contribution is 2.35. The van der Waals surface area contributed by atoms with Gasteiger partial charge in [0, 0.05) is 31.4 Å². The number of rotatable bonds is 4. The predicted molar refractivity (Wildman–Crippen MR) is 133 cm³/mol. The molecule has 3 aromatic rings. The van der Waals surface area contributed by atoms with Crippen LogP contribution in [0.25, 0.3) is 16.9 Å². The van der Waals surface area contributed by atoms with E-state index in [-0.39, 0.29) is 29.9 Å². The van der Waals surface area contributed by atoms with Crippen molar-refractivity contribution in [2.45, 2.75) is 38.7 Å². The quantitative estimate of drug-likeness (QED) is 0.487. The van der Waals surface area contributed by atoms with Crippen molar-refractivity contribution in [3.05, 3.63) is 59.1 Å². The summed E-state index contributed by atoms with van der Waals surface area (Å²) in [4.78, 5) is 31.2. The Labute approximate surface area is 213 Å². The summed E-state index contributed by atoms with van der Waals surface area (Å²) in [5.41, 5.74) is 2.69. The number of carbonyl (C=O) groups is 1. The van der Waals surface area contributed by atoms with Crippen LogP contribution in [0.2, 0.25) is 0 Å². The fourth-order valence-electron chi connectivity index (χ4n) is 5.11. The number of hydrogen-bond acceptors (Lipinski definition) is 6. The van der Waals surface area contributed by atoms with E-state index in [1.807, 2.05) is 31.2 Å². The first kappa shape index (κ1) is 24.9. The summed E-state index contributed by atoms with van der Waals surface area (Å²) >= 11 is 0. The first-order chi connectivity index (χ1) is 17.9. The molecule has 0 saturated carbocycles. The Morgan fingerprint density at radius 1 is 1.22 bits per heavy atom. The van der Waals surface area contributed by atoms with Crippen LogP contribution in [-0.4, -0.2) is 65.8 Å². The van der Waals surface area contributed by atoms with E-state index in [9.17, 15) is 9.59 Å². The van der Waals surface area contributed by atoms with Crippen molar-refractivity contribution in [2.24, 2.45) is 0 Å². The second-order valence-electron chi connectivity index (χ2n) is 9.39. The van der Waals surface area contributed by atoms with Crippen molar-refractivity contribution < 1.29 is 27.8 Å². The van der Waals surface area contributed by atoms with Crippen molar-refractivity contribution in [3.8, 4) is 11.3 Å². The third kappa shape index (κ3) is 4.82. The van der Waals surface area contributed by atoms with E-state index in [1.165, 1.54) is 19.2 Å². The smallest absolute Gasteiger partial charge is 0.409 e. The first-order valence-electron chi connectivity index (χ1n) is 12.3. The van der Waals surface area contributed by atoms with Gasteiger partial charge in [-0.05, 0) is 56.0 Å². The Morgan fingerprint density at radius 3 is 2.73 bits per heavy atom. The van der Waals surface area contributed by atoms with Crippen LogP contribution in [-0.2, 0) is 20.7 Å². The number of amides is 1. The van der Waals surface area contributed by atoms with E-state index in [0.29, 0.717) is 43.2 Å². The zero-order chi connectivity index (χ0) is 26.1. The molecule has 4 heterocycles. The van der Waals surface area contributed by atoms with Crippen LogP contribution in [0.3, 0.4) is 0 Å². The Kier molecular flexibility index (Phi) is 6.95. The molecule has 0 unspecified atom stereocenters. The van der Waals surface area contributed by atoms with E-state index in [1.54, 1.807) is 14.2 Å². The zero-order valence-electron chi connectivity index (χ0n) is 20.8. The maximum Gasteiger partial charge on any atom is 0.409 e. The number of anilines is 1. The van der Waals surface area contributed by atoms with Gasteiger partial charge in [-0.15, -0.1) is 0 Å². The Hall–Kier alpha value is -3.75. The molecule has 2 aliphatic heterocycles. The highest BCUT2D eigenvalue weighted by molar-refractivity contribution is 5.73. The number of methoxy groups -OCH3 is 1. The number of hydrogen-bond donors (Lipinski definition) is 0. The average molecular weight is 511 g/mol. The second-order valence-corrected chi connectivity index (χ2v) is 9.39. The summed E-state index contributed by atoms with van der Waals surface area (Å²) in [5, 5.41) is 0. The minimum Gasteiger partial charge on any atom is -0.453 e. The summed E-state index contributed by atoms with van der Waals surface area (Å²) in [6, 6.07) is 6.23. The van der Waals surface area contributed by atoms with Crippen LogP contribution in [0.1, 0.15) is 30.5 Å². The van der Waals surface area contributed by atoms with E-state index < -0.39 is 23.8 Å². The Morgan fingerprint density at radius 2 is 2.00 bits per heavy atom. The van der Waals surface area contributed by atoms with Crippen LogP contribution in [0.5, 0.6) is 0 Å². The lowest BCUT2D eigenvalue weighted by Crippen LogP contribution is -2.46. The minimum atomic E-state index is -0.770. The second kappa shape index (κ2) is 10.3. The monoisotopic (exact) mass is 510 g/mol. The molecule has 1 atom stereocenters. The molecule has 8 nitrogen and oxygen atoms in total. The number of halogens is 2. The molecule has 10 heteroatoms. The van der Waals surface area contributed by atoms with Crippen LogP contribution >= 0.6 is 0 Å². The minimum absolute atomic E-state index is 0.177. The number of pyridine rings is 1. The number of nitrogens with zero attached hydrogens (tertiary/aromatic N) is 4. The molecule has 0 radical (unpaired) electrons. The Balaban J connectivity index is 1.56. The number of allylic oxidation sites excluding steroid dienone is 1. The van der Waals surface area contributed by atoms with Gasteiger partial charge in [-0.1, -0.05) is 0 Å². The Bertz CT molecular complexity index is 1380. The third-order valence-corrected chi connectivity index (χ3v) is 6.94. The molecule has 194 valence electrons. The van der Waals surface area contributed by atoms with E-state index in [0.717, 1.165) is 18.4 Å². The summed E-state index contributed by atoms with van der Waals surface area (Å²) in [6.45, 7) is 3.42. The lowest BCUT2D eigenvalue weighted by Gasteiger charge is -2.32. The van der Waals surface area contributed by atoms with Crippen molar-refractivity contribution in [3.63, 3.8) is 0 Å². The molecule has 37 heavy (non-hydrogen) atoms. The highest BCUT2D eigenvalue weighted by atomic mass is 19.1. The molecule has 1 aromatic carbocycles. The molecular weight excluding hydrogens is 482 g/mol. The number of morpholine rings is 1. The summed E-state index contributed by atoms with van der Waals surface area (Å²) in [6.07, 6.45) is 3.41. The fourth-order valence-corrected chi connectivity index (χ4v) is 5.11. The van der Waals surface area contributed by atoms with Crippen LogP contribution in [0, 0.1) is 18.6 Å². The van der Waals surface area contributed by atoms with Gasteiger partial charge in [0.05, 0.1) is 43.3 Å². The van der Waals surface area contributed by atoms with Gasteiger partial charge in [0.2, 0.25) is 0 Å². The number of ether oxygens (including phenoxy) is 2. The van der Waals surface area contributed by atoms with Crippen molar-refractivity contribution in [1.82, 2.24) is 14.3 Å². The molecule has 5 rings (SSSR count). The van der Waals surface area contributed by atoms with Gasteiger partial charge in [-0.3, -0.25) is 0 Å². The molecule has 0 bridgehead atoms. The van der Waals surface area contributed by atoms with Gasteiger partial charge in [-0.2, -0.15) is 0 Å². The van der Waals surface area contributed by atoms with Crippen LogP contribution in [0.15, 0.2) is 36.2 Å². The largest absolute Gasteiger partial charge is 0.453 e. The zero-order valence-corrected chi connectivity index (χ0v) is 20.8. The summed E-state index contributed by atoms with van der Waals surface area (Å²) < 4.78 is 43.8. The molecule has 0 N–H and O–H groups in total. The number of benzene rings is 1. The van der Waals surface area contributed by atoms with Crippen molar-refractivity contribution in [1.29, 1.82) is 0 Å². The molecule has 1 amide bonds. The molecule has 0 spiro atoms. The van der Waals surface area contributed by atoms with Gasteiger partial charge in [0.1, 0.15) is 28.9 Å². The van der Waals surface area contributed by atoms with Gasteiger partial charge in [0.15, 0.2) is 0 Å². The number of aromatic nitrogens is 2. The van der Waals surface area contributed by atoms with Crippen molar-refractivity contribution >= 4 is 23.4 Å². The molecule has 2 saturated heterocycles. The third-order valence-electron chi connectivity index (χ3n) is 6.94. The van der Waals surface area contributed by atoms with E-state index >= 15 is 8.78 Å². The standard InChI is InChI=1S/C27H28F2N4O4/c1-17-6-8-33-23(14-20-15-31(9-10-37-20)27(35)36-2)26(30-24(33)11-17)25-21(28)12-19(13-22(25)29)32-7-4-3-5-18(32)16-34/h6,8,11-13,20H,3-5,7,9-10,14-15H2,1-2H3/t20-/m0/s1. The number of fused-ring (bicyclic) bond motifs is 1. The van der Waals surface area contributed by atoms with E-state index in [4.69, 9.17) is 9.47 Å². The number of carbonyl (C=O) groups excluding carboxylic acids is 2. The molecule has 2 aromatic heterocycles. The van der Waals surface area contributed by atoms with Gasteiger partial charge in [-0.25, -0.2) is 23.4 Å². The maximum absolute atomic E-state index is 15.6. The topological polar surface area (TPSA) is 76.4 Å². The number of imidazole rings is 1. The normalized spacial score (nSPS) is 18.3. The predicted octanol–water partition coefficient (Wildman–Crippen LogP) is 4.30. The fraction of sp³-hybridized carbons (Fsp3) is 0.407. The SMILES string of the molecule is COC(=O)N1CCO[C@@H](Cc2c(-c3c(F)cc(N4CCCCC4=C=O)cc3F)nc3cc(C)ccn23)C1. The molecule has 0 aliphatic carbocycles. The van der Waals surface area contributed by atoms with Gasteiger partial charge >= 0.3 is 6.09 Å². The maximum atomic E-state index is 15.6. The molecule has 2 aliphatic rings. The number of piperidine rings is 1. The van der Waals surface area contributed by atoms with Crippen LogP contribution < -0.4 is 4.90 Å². The van der Waals surface area contributed by atoms with Crippen molar-refractivity contribution in [2.75, 3.05) is 38.3 Å². The lowest BCUT2D eigenvalue weighted by molar-refractivity contribution is -0.0241. The lowest BCUT2D eigenvalue weighted by atomic mass is 10.0. The van der Waals surface area contributed by atoms with Gasteiger partial charge < -0.3 is 23.7 Å². The van der Waals surface area contributed by atoms with Gasteiger partial charge in [0.25, 0.3) is 0 Å². The summed E-state index contributed by atoms with van der Waals surface area (Å²) in [5.74, 6) is 0.371. The molecule has 2 fully saturated rings. The molecular formula is C27H28F2N4O4. The highest BCUT2D eigenvalue weighted by Gasteiger charge is 2.30. The number of aryl methyl sites for hydroxylation is 1. The summed E-state index contributed by atoms with van der Waals surface area (Å²) in [7, 11) is 1.32. The average Bonchev–Trinajstić information content (AvgIpc) is 3.24. The first-order valence-corrected chi connectivity index (χ1v) is 12.3. The van der Waals surface area contributed by atoms with E-state index in [2.05, 4.69) is 4.98 Å². The van der Waals surface area contributed by atoms with Crippen LogP contribution in [0.4, 0.5) is 19.3 Å².